The van der Waals surface area contributed by atoms with Crippen LogP contribution in [0.1, 0.15) is 26.6 Å². The molecule has 1 aliphatic heterocycles. The molecule has 1 fully saturated rings. The smallest absolute Gasteiger partial charge is 0.242 e. The second kappa shape index (κ2) is 5.00. The van der Waals surface area contributed by atoms with Crippen LogP contribution in [-0.2, 0) is 11.2 Å². The van der Waals surface area contributed by atoms with Gasteiger partial charge < -0.3 is 10.2 Å². The molecular weight excluding hydrogens is 236 g/mol. The number of rotatable bonds is 3. The highest BCUT2D eigenvalue weighted by Gasteiger charge is 2.27. The Morgan fingerprint density at radius 3 is 3.06 bits per heavy atom. The van der Waals surface area contributed by atoms with E-state index in [0.717, 1.165) is 23.9 Å². The number of aromatic nitrogens is 2. The summed E-state index contributed by atoms with van der Waals surface area (Å²) in [6.45, 7) is 7.69. The van der Waals surface area contributed by atoms with E-state index >= 15 is 0 Å². The van der Waals surface area contributed by atoms with Crippen LogP contribution in [0.4, 0.5) is 5.13 Å². The van der Waals surface area contributed by atoms with Crippen molar-refractivity contribution in [3.63, 3.8) is 0 Å². The first-order valence-electron chi connectivity index (χ1n) is 5.95. The van der Waals surface area contributed by atoms with E-state index in [1.807, 2.05) is 11.8 Å². The summed E-state index contributed by atoms with van der Waals surface area (Å²) in [7, 11) is 0. The second-order valence-corrected chi connectivity index (χ2v) is 5.48. The van der Waals surface area contributed by atoms with Gasteiger partial charge >= 0.3 is 0 Å². The van der Waals surface area contributed by atoms with Gasteiger partial charge in [0.1, 0.15) is 11.9 Å². The number of hydrogen-bond acceptors (Lipinski definition) is 5. The summed E-state index contributed by atoms with van der Waals surface area (Å²) < 4.78 is 4.35. The number of hydrogen-bond donors (Lipinski definition) is 1. The van der Waals surface area contributed by atoms with Gasteiger partial charge in [-0.15, -0.1) is 0 Å². The van der Waals surface area contributed by atoms with Gasteiger partial charge in [0.05, 0.1) is 0 Å². The van der Waals surface area contributed by atoms with Crippen molar-refractivity contribution in [3.05, 3.63) is 5.82 Å². The molecule has 0 aliphatic carbocycles. The van der Waals surface area contributed by atoms with Crippen LogP contribution in [0.25, 0.3) is 0 Å². The fraction of sp³-hybridized carbons (Fsp3) is 0.727. The molecule has 0 bridgehead atoms. The summed E-state index contributed by atoms with van der Waals surface area (Å²) in [5.41, 5.74) is 0. The van der Waals surface area contributed by atoms with Crippen molar-refractivity contribution in [2.75, 3.05) is 18.0 Å². The predicted molar refractivity (Wildman–Crippen MR) is 68.3 cm³/mol. The van der Waals surface area contributed by atoms with Gasteiger partial charge in [-0.3, -0.25) is 4.79 Å². The molecule has 0 aromatic carbocycles. The maximum Gasteiger partial charge on any atom is 0.242 e. The Hall–Kier alpha value is -1.17. The van der Waals surface area contributed by atoms with E-state index in [1.54, 1.807) is 0 Å². The molecule has 0 spiro atoms. The molecule has 1 amide bonds. The Kier molecular flexibility index (Phi) is 3.61. The van der Waals surface area contributed by atoms with Gasteiger partial charge in [0, 0.05) is 31.0 Å². The summed E-state index contributed by atoms with van der Waals surface area (Å²) >= 11 is 1.39. The molecule has 17 heavy (non-hydrogen) atoms. The van der Waals surface area contributed by atoms with Crippen molar-refractivity contribution in [2.45, 2.75) is 33.2 Å². The standard InChI is InChI=1S/C11H18N4OS/c1-7(2)6-9-13-11(17-14-9)15-5-4-12-10(16)8(15)3/h7-8H,4-6H2,1-3H3,(H,12,16). The Labute approximate surface area is 105 Å². The van der Waals surface area contributed by atoms with Crippen molar-refractivity contribution < 1.29 is 4.79 Å². The van der Waals surface area contributed by atoms with E-state index < -0.39 is 0 Å². The van der Waals surface area contributed by atoms with Crippen molar-refractivity contribution in [1.29, 1.82) is 0 Å². The number of carbonyl (C=O) groups is 1. The molecular formula is C11H18N4OS. The quantitative estimate of drug-likeness (QED) is 0.876. The summed E-state index contributed by atoms with van der Waals surface area (Å²) in [6, 6.07) is -0.149. The van der Waals surface area contributed by atoms with Crippen LogP contribution in [0.15, 0.2) is 0 Å². The first-order chi connectivity index (χ1) is 8.08. The van der Waals surface area contributed by atoms with E-state index in [0.29, 0.717) is 12.5 Å². The lowest BCUT2D eigenvalue weighted by Crippen LogP contribution is -2.54. The summed E-state index contributed by atoms with van der Waals surface area (Å²) in [6.07, 6.45) is 0.894. The molecule has 1 aromatic rings. The van der Waals surface area contributed by atoms with E-state index in [9.17, 15) is 4.79 Å². The number of amides is 1. The normalized spacial score (nSPS) is 20.8. The molecule has 2 heterocycles. The van der Waals surface area contributed by atoms with E-state index in [-0.39, 0.29) is 11.9 Å². The highest BCUT2D eigenvalue weighted by atomic mass is 32.1. The highest BCUT2D eigenvalue weighted by molar-refractivity contribution is 7.09. The molecule has 1 aromatic heterocycles. The Balaban J connectivity index is 2.11. The number of carbonyl (C=O) groups excluding carboxylic acids is 1. The third kappa shape index (κ3) is 2.74. The molecule has 94 valence electrons. The van der Waals surface area contributed by atoms with Gasteiger partial charge in [-0.25, -0.2) is 4.98 Å². The predicted octanol–water partition coefficient (Wildman–Crippen LogP) is 1.06. The molecule has 1 atom stereocenters. The lowest BCUT2D eigenvalue weighted by Gasteiger charge is -2.32. The zero-order valence-corrected chi connectivity index (χ0v) is 11.3. The summed E-state index contributed by atoms with van der Waals surface area (Å²) in [5, 5.41) is 3.71. The topological polar surface area (TPSA) is 58.1 Å². The first-order valence-corrected chi connectivity index (χ1v) is 6.72. The molecule has 0 saturated carbocycles. The summed E-state index contributed by atoms with van der Waals surface area (Å²) in [5.74, 6) is 1.51. The number of nitrogens with zero attached hydrogens (tertiary/aromatic N) is 3. The minimum absolute atomic E-state index is 0.0665. The molecule has 1 unspecified atom stereocenters. The fourth-order valence-electron chi connectivity index (χ4n) is 1.85. The Morgan fingerprint density at radius 1 is 1.59 bits per heavy atom. The zero-order valence-electron chi connectivity index (χ0n) is 10.4. The number of anilines is 1. The number of piperazine rings is 1. The van der Waals surface area contributed by atoms with Crippen LogP contribution < -0.4 is 10.2 Å². The van der Waals surface area contributed by atoms with Gasteiger partial charge in [0.2, 0.25) is 11.0 Å². The molecule has 1 N–H and O–H groups in total. The molecule has 5 nitrogen and oxygen atoms in total. The van der Waals surface area contributed by atoms with E-state index in [4.69, 9.17) is 0 Å². The lowest BCUT2D eigenvalue weighted by atomic mass is 10.1. The minimum Gasteiger partial charge on any atom is -0.353 e. The van der Waals surface area contributed by atoms with Gasteiger partial charge in [0.15, 0.2) is 0 Å². The van der Waals surface area contributed by atoms with Crippen LogP contribution in [0.5, 0.6) is 0 Å². The minimum atomic E-state index is -0.149. The van der Waals surface area contributed by atoms with E-state index in [2.05, 4.69) is 28.5 Å². The maximum absolute atomic E-state index is 11.6. The Bertz CT molecular complexity index is 404. The SMILES string of the molecule is CC(C)Cc1nsc(N2CCNC(=O)C2C)n1. The van der Waals surface area contributed by atoms with Crippen LogP contribution in [-0.4, -0.2) is 34.4 Å². The molecule has 1 saturated heterocycles. The second-order valence-electron chi connectivity index (χ2n) is 4.75. The molecule has 0 radical (unpaired) electrons. The summed E-state index contributed by atoms with van der Waals surface area (Å²) in [4.78, 5) is 18.1. The zero-order chi connectivity index (χ0) is 12.4. The molecule has 2 rings (SSSR count). The van der Waals surface area contributed by atoms with Gasteiger partial charge in [-0.2, -0.15) is 4.37 Å². The monoisotopic (exact) mass is 254 g/mol. The first kappa shape index (κ1) is 12.3. The number of nitrogens with one attached hydrogen (secondary N) is 1. The van der Waals surface area contributed by atoms with Gasteiger partial charge in [-0.05, 0) is 12.8 Å². The molecule has 1 aliphatic rings. The maximum atomic E-state index is 11.6. The average molecular weight is 254 g/mol. The van der Waals surface area contributed by atoms with Crippen molar-refractivity contribution in [1.82, 2.24) is 14.7 Å². The lowest BCUT2D eigenvalue weighted by molar-refractivity contribution is -0.122. The largest absolute Gasteiger partial charge is 0.353 e. The van der Waals surface area contributed by atoms with Gasteiger partial charge in [0.25, 0.3) is 0 Å². The average Bonchev–Trinajstić information content (AvgIpc) is 2.69. The third-order valence-electron chi connectivity index (χ3n) is 2.79. The molecule has 6 heteroatoms. The highest BCUT2D eigenvalue weighted by Crippen LogP contribution is 2.22. The van der Waals surface area contributed by atoms with Crippen molar-refractivity contribution in [2.24, 2.45) is 5.92 Å². The van der Waals surface area contributed by atoms with Crippen LogP contribution >= 0.6 is 11.5 Å². The van der Waals surface area contributed by atoms with Crippen LogP contribution in [0, 0.1) is 5.92 Å². The fourth-order valence-corrected chi connectivity index (χ4v) is 2.66. The van der Waals surface area contributed by atoms with E-state index in [1.165, 1.54) is 11.5 Å². The Morgan fingerprint density at radius 2 is 2.35 bits per heavy atom. The van der Waals surface area contributed by atoms with Crippen molar-refractivity contribution in [3.8, 4) is 0 Å². The third-order valence-corrected chi connectivity index (χ3v) is 3.58. The van der Waals surface area contributed by atoms with Gasteiger partial charge in [-0.1, -0.05) is 13.8 Å². The van der Waals surface area contributed by atoms with Crippen LogP contribution in [0.2, 0.25) is 0 Å². The van der Waals surface area contributed by atoms with Crippen LogP contribution in [0.3, 0.4) is 0 Å². The van der Waals surface area contributed by atoms with Crippen molar-refractivity contribution >= 4 is 22.6 Å².